The van der Waals surface area contributed by atoms with E-state index in [1.54, 1.807) is 6.20 Å². The summed E-state index contributed by atoms with van der Waals surface area (Å²) in [4.78, 5) is 27.1. The largest absolute Gasteiger partial charge is 0.490 e. The van der Waals surface area contributed by atoms with Crippen molar-refractivity contribution in [3.63, 3.8) is 0 Å². The summed E-state index contributed by atoms with van der Waals surface area (Å²) in [6.07, 6.45) is -1.74. The van der Waals surface area contributed by atoms with Crippen molar-refractivity contribution in [3.8, 4) is 5.88 Å². The second kappa shape index (κ2) is 9.69. The molecule has 8 nitrogen and oxygen atoms in total. The number of carboxylic acids is 1. The van der Waals surface area contributed by atoms with Gasteiger partial charge in [0.1, 0.15) is 18.8 Å². The van der Waals surface area contributed by atoms with Gasteiger partial charge in [0.15, 0.2) is 0 Å². The lowest BCUT2D eigenvalue weighted by atomic mass is 10.0. The number of rotatable bonds is 4. The zero-order valence-electron chi connectivity index (χ0n) is 15.1. The highest BCUT2D eigenvalue weighted by atomic mass is 19.4. The summed E-state index contributed by atoms with van der Waals surface area (Å²) in [7, 11) is 1.53. The quantitative estimate of drug-likeness (QED) is 0.809. The first-order valence-corrected chi connectivity index (χ1v) is 8.52. The van der Waals surface area contributed by atoms with Crippen molar-refractivity contribution in [2.45, 2.75) is 37.3 Å². The Bertz CT molecular complexity index is 658. The molecule has 11 heteroatoms. The van der Waals surface area contributed by atoms with Crippen molar-refractivity contribution in [3.05, 3.63) is 24.4 Å². The van der Waals surface area contributed by atoms with E-state index in [0.717, 1.165) is 19.4 Å². The van der Waals surface area contributed by atoms with Crippen LogP contribution in [0.15, 0.2) is 24.4 Å². The Morgan fingerprint density at radius 2 is 2.11 bits per heavy atom. The molecule has 1 aromatic heterocycles. The van der Waals surface area contributed by atoms with Crippen LogP contribution < -0.4 is 4.74 Å². The van der Waals surface area contributed by atoms with Crippen LogP contribution in [0, 0.1) is 0 Å². The number of ether oxygens (including phenoxy) is 3. The molecule has 2 fully saturated rings. The predicted molar refractivity (Wildman–Crippen MR) is 88.7 cm³/mol. The van der Waals surface area contributed by atoms with Crippen LogP contribution in [-0.4, -0.2) is 78.2 Å². The Morgan fingerprint density at radius 1 is 1.39 bits per heavy atom. The minimum Gasteiger partial charge on any atom is -0.475 e. The van der Waals surface area contributed by atoms with Crippen LogP contribution >= 0.6 is 0 Å². The Morgan fingerprint density at radius 3 is 2.68 bits per heavy atom. The average Bonchev–Trinajstić information content (AvgIpc) is 3.01. The molecule has 2 saturated heterocycles. The molecule has 0 saturated carbocycles. The molecule has 0 radical (unpaired) electrons. The molecule has 0 aromatic carbocycles. The highest BCUT2D eigenvalue weighted by Crippen LogP contribution is 2.31. The van der Waals surface area contributed by atoms with Crippen molar-refractivity contribution in [1.82, 2.24) is 9.88 Å². The van der Waals surface area contributed by atoms with Gasteiger partial charge in [0.25, 0.3) is 0 Å². The first-order chi connectivity index (χ1) is 13.2. The van der Waals surface area contributed by atoms with E-state index < -0.39 is 12.1 Å². The molecule has 0 aliphatic carbocycles. The van der Waals surface area contributed by atoms with Crippen molar-refractivity contribution >= 4 is 11.9 Å². The fraction of sp³-hybridized carbons (Fsp3) is 0.588. The van der Waals surface area contributed by atoms with Crippen LogP contribution in [0.2, 0.25) is 0 Å². The number of alkyl halides is 3. The predicted octanol–water partition coefficient (Wildman–Crippen LogP) is 1.50. The van der Waals surface area contributed by atoms with Crippen LogP contribution in [0.25, 0.3) is 0 Å². The molecular weight excluding hydrogens is 385 g/mol. The minimum atomic E-state index is -5.08. The number of carboxylic acid groups (broad SMARTS) is 1. The summed E-state index contributed by atoms with van der Waals surface area (Å²) in [6, 6.07) is 5.62. The molecule has 28 heavy (non-hydrogen) atoms. The number of nitrogens with zero attached hydrogens (tertiary/aromatic N) is 2. The van der Waals surface area contributed by atoms with Gasteiger partial charge < -0.3 is 24.2 Å². The van der Waals surface area contributed by atoms with Crippen LogP contribution in [0.3, 0.4) is 0 Å². The van der Waals surface area contributed by atoms with E-state index in [0.29, 0.717) is 12.4 Å². The number of aliphatic carboxylic acids is 1. The number of hydrogen-bond donors (Lipinski definition) is 1. The SMILES string of the molecule is COCC(=O)N1C[C@H](Oc2ccccn2)[C@H]2OCCC[C@H]21.O=C(O)C(F)(F)F. The number of fused-ring (bicyclic) bond motifs is 1. The molecule has 1 amide bonds. The number of amides is 1. The lowest BCUT2D eigenvalue weighted by molar-refractivity contribution is -0.192. The Hall–Kier alpha value is -2.40. The van der Waals surface area contributed by atoms with E-state index in [2.05, 4.69) is 4.98 Å². The summed E-state index contributed by atoms with van der Waals surface area (Å²) in [5.74, 6) is -2.20. The number of carbonyl (C=O) groups is 2. The summed E-state index contributed by atoms with van der Waals surface area (Å²) < 4.78 is 48.5. The fourth-order valence-corrected chi connectivity index (χ4v) is 3.08. The minimum absolute atomic E-state index is 0.00915. The van der Waals surface area contributed by atoms with Gasteiger partial charge in [-0.05, 0) is 18.9 Å². The number of methoxy groups -OCH3 is 1. The molecule has 0 spiro atoms. The smallest absolute Gasteiger partial charge is 0.475 e. The molecule has 1 N–H and O–H groups in total. The van der Waals surface area contributed by atoms with Crippen LogP contribution in [0.4, 0.5) is 13.2 Å². The Balaban J connectivity index is 0.000000345. The average molecular weight is 406 g/mol. The first kappa shape index (κ1) is 21.9. The standard InChI is InChI=1S/C15H20N2O4.C2HF3O2/c1-19-10-14(18)17-9-12(15-11(17)5-4-8-20-15)21-13-6-2-3-7-16-13;3-2(4,5)1(6)7/h2-3,6-7,11-12,15H,4-5,8-10H2,1H3;(H,6,7)/t11-,12+,15+;/m1./s1. The van der Waals surface area contributed by atoms with Gasteiger partial charge in [0.05, 0.1) is 12.6 Å². The summed E-state index contributed by atoms with van der Waals surface area (Å²) in [6.45, 7) is 1.34. The lowest BCUT2D eigenvalue weighted by Crippen LogP contribution is -2.45. The maximum Gasteiger partial charge on any atom is 0.490 e. The molecule has 3 atom stereocenters. The van der Waals surface area contributed by atoms with Crippen molar-refractivity contribution in [2.75, 3.05) is 26.9 Å². The van der Waals surface area contributed by atoms with Crippen LogP contribution in [-0.2, 0) is 19.1 Å². The van der Waals surface area contributed by atoms with E-state index in [9.17, 15) is 18.0 Å². The third kappa shape index (κ3) is 5.80. The zero-order valence-corrected chi connectivity index (χ0v) is 15.1. The summed E-state index contributed by atoms with van der Waals surface area (Å²) >= 11 is 0. The van der Waals surface area contributed by atoms with Gasteiger partial charge in [-0.15, -0.1) is 0 Å². The Labute approximate surface area is 159 Å². The van der Waals surface area contributed by atoms with Gasteiger partial charge in [0, 0.05) is 26.0 Å². The number of carbonyl (C=O) groups excluding carboxylic acids is 1. The van der Waals surface area contributed by atoms with E-state index in [1.165, 1.54) is 7.11 Å². The summed E-state index contributed by atoms with van der Waals surface area (Å²) in [5.41, 5.74) is 0. The molecule has 2 aliphatic heterocycles. The number of halogens is 3. The first-order valence-electron chi connectivity index (χ1n) is 8.52. The molecule has 3 heterocycles. The van der Waals surface area contributed by atoms with Crippen molar-refractivity contribution in [1.29, 1.82) is 0 Å². The molecule has 1 aromatic rings. The molecule has 0 unspecified atom stereocenters. The van der Waals surface area contributed by atoms with Crippen molar-refractivity contribution < 1.29 is 42.1 Å². The molecular formula is C17H21F3N2O6. The molecule has 0 bridgehead atoms. The van der Waals surface area contributed by atoms with Gasteiger partial charge in [-0.3, -0.25) is 4.79 Å². The van der Waals surface area contributed by atoms with Crippen LogP contribution in [0.5, 0.6) is 5.88 Å². The van der Waals surface area contributed by atoms with Gasteiger partial charge in [-0.25, -0.2) is 9.78 Å². The number of hydrogen-bond acceptors (Lipinski definition) is 6. The van der Waals surface area contributed by atoms with Gasteiger partial charge in [0.2, 0.25) is 11.8 Å². The van der Waals surface area contributed by atoms with Gasteiger partial charge in [-0.2, -0.15) is 13.2 Å². The maximum absolute atomic E-state index is 12.2. The van der Waals surface area contributed by atoms with E-state index in [4.69, 9.17) is 24.1 Å². The van der Waals surface area contributed by atoms with E-state index in [-0.39, 0.29) is 30.8 Å². The second-order valence-electron chi connectivity index (χ2n) is 6.15. The van der Waals surface area contributed by atoms with Crippen LogP contribution in [0.1, 0.15) is 12.8 Å². The number of likely N-dealkylation sites (tertiary alicyclic amines) is 1. The topological polar surface area (TPSA) is 98.2 Å². The van der Waals surface area contributed by atoms with E-state index >= 15 is 0 Å². The zero-order chi connectivity index (χ0) is 20.7. The molecule has 2 aliphatic rings. The number of aromatic nitrogens is 1. The molecule has 3 rings (SSSR count). The maximum atomic E-state index is 12.2. The third-order valence-corrected chi connectivity index (χ3v) is 4.22. The van der Waals surface area contributed by atoms with Gasteiger partial charge >= 0.3 is 12.1 Å². The van der Waals surface area contributed by atoms with Gasteiger partial charge in [-0.1, -0.05) is 6.07 Å². The summed E-state index contributed by atoms with van der Waals surface area (Å²) in [5, 5.41) is 7.12. The lowest BCUT2D eigenvalue weighted by Gasteiger charge is -2.31. The van der Waals surface area contributed by atoms with E-state index in [1.807, 2.05) is 23.1 Å². The highest BCUT2D eigenvalue weighted by molar-refractivity contribution is 5.78. The van der Waals surface area contributed by atoms with Crippen molar-refractivity contribution in [2.24, 2.45) is 0 Å². The third-order valence-electron chi connectivity index (χ3n) is 4.22. The fourth-order valence-electron chi connectivity index (χ4n) is 3.08. The number of pyridine rings is 1. The normalized spacial score (nSPS) is 24.0. The monoisotopic (exact) mass is 406 g/mol. The second-order valence-corrected chi connectivity index (χ2v) is 6.15. The Kier molecular flexibility index (Phi) is 7.58. The highest BCUT2D eigenvalue weighted by Gasteiger charge is 2.47. The molecule has 156 valence electrons.